The fourth-order valence-corrected chi connectivity index (χ4v) is 2.91. The summed E-state index contributed by atoms with van der Waals surface area (Å²) in [6.45, 7) is 0. The van der Waals surface area contributed by atoms with Gasteiger partial charge in [0.25, 0.3) is 0 Å². The maximum Gasteiger partial charge on any atom is 0.455 e. The average molecular weight is 301 g/mol. The molecule has 0 fully saturated rings. The van der Waals surface area contributed by atoms with E-state index in [0.717, 1.165) is 29.4 Å². The molecule has 2 aromatic rings. The molecule has 0 saturated carbocycles. The summed E-state index contributed by atoms with van der Waals surface area (Å²) in [7, 11) is 0. The van der Waals surface area contributed by atoms with Crippen molar-refractivity contribution >= 4 is 10.8 Å². The number of nitrogens with two attached hydrogens (primary N) is 1. The Morgan fingerprint density at radius 2 is 1.52 bits per heavy atom. The van der Waals surface area contributed by atoms with E-state index >= 15 is 0 Å². The molecule has 1 nitrogen and oxygen atoms in total. The molecule has 1 atom stereocenters. The highest BCUT2D eigenvalue weighted by Crippen LogP contribution is 2.45. The summed E-state index contributed by atoms with van der Waals surface area (Å²) in [6, 6.07) is 5.54. The molecule has 2 aromatic carbocycles. The Kier molecular flexibility index (Phi) is 2.99. The Morgan fingerprint density at radius 3 is 2.14 bits per heavy atom. The summed E-state index contributed by atoms with van der Waals surface area (Å²) in [4.78, 5) is 0. The Balaban J connectivity index is 2.19. The van der Waals surface area contributed by atoms with E-state index < -0.39 is 18.1 Å². The molecule has 1 aliphatic rings. The lowest BCUT2D eigenvalue weighted by molar-refractivity contribution is -0.290. The molecule has 1 aliphatic carbocycles. The van der Waals surface area contributed by atoms with Crippen LogP contribution in [0.4, 0.5) is 22.0 Å². The number of aryl methyl sites for hydroxylation is 2. The van der Waals surface area contributed by atoms with E-state index in [1.54, 1.807) is 18.2 Å². The van der Waals surface area contributed by atoms with Crippen molar-refractivity contribution in [1.82, 2.24) is 0 Å². The Hall–Kier alpha value is -1.69. The molecule has 0 saturated heterocycles. The Labute approximate surface area is 117 Å². The smallest absolute Gasteiger partial charge is 0.319 e. The van der Waals surface area contributed by atoms with Gasteiger partial charge in [0.1, 0.15) is 6.04 Å². The van der Waals surface area contributed by atoms with Crippen LogP contribution in [0.1, 0.15) is 22.7 Å². The maximum atomic E-state index is 13.5. The van der Waals surface area contributed by atoms with Gasteiger partial charge >= 0.3 is 12.1 Å². The molecule has 6 heteroatoms. The number of benzene rings is 2. The van der Waals surface area contributed by atoms with Crippen molar-refractivity contribution in [2.24, 2.45) is 5.73 Å². The summed E-state index contributed by atoms with van der Waals surface area (Å²) >= 11 is 0. The minimum atomic E-state index is -5.67. The highest BCUT2D eigenvalue weighted by atomic mass is 19.4. The molecule has 0 bridgehead atoms. The van der Waals surface area contributed by atoms with E-state index in [-0.39, 0.29) is 5.56 Å². The largest absolute Gasteiger partial charge is 0.455 e. The lowest BCUT2D eigenvalue weighted by atomic mass is 9.93. The number of alkyl halides is 5. The van der Waals surface area contributed by atoms with Gasteiger partial charge in [-0.2, -0.15) is 22.0 Å². The summed E-state index contributed by atoms with van der Waals surface area (Å²) in [5, 5.41) is 1.15. The first-order valence-corrected chi connectivity index (χ1v) is 6.47. The van der Waals surface area contributed by atoms with E-state index in [2.05, 4.69) is 0 Å². The first-order chi connectivity index (χ1) is 9.73. The van der Waals surface area contributed by atoms with E-state index in [4.69, 9.17) is 5.73 Å². The molecule has 2 N–H and O–H groups in total. The molecule has 1 unspecified atom stereocenters. The third-order valence-electron chi connectivity index (χ3n) is 4.01. The van der Waals surface area contributed by atoms with Crippen molar-refractivity contribution in [3.8, 4) is 0 Å². The molecular formula is C15H12F5N. The summed E-state index contributed by atoms with van der Waals surface area (Å²) < 4.78 is 64.5. The highest BCUT2D eigenvalue weighted by Gasteiger charge is 2.61. The van der Waals surface area contributed by atoms with Gasteiger partial charge in [-0.3, -0.25) is 0 Å². The monoisotopic (exact) mass is 301 g/mol. The number of halogens is 5. The molecular weight excluding hydrogens is 289 g/mol. The van der Waals surface area contributed by atoms with Crippen LogP contribution in [0.15, 0.2) is 30.3 Å². The van der Waals surface area contributed by atoms with Crippen molar-refractivity contribution in [1.29, 1.82) is 0 Å². The minimum absolute atomic E-state index is 0.167. The summed E-state index contributed by atoms with van der Waals surface area (Å²) in [5.74, 6) is -4.97. The van der Waals surface area contributed by atoms with Gasteiger partial charge in [-0.1, -0.05) is 30.3 Å². The topological polar surface area (TPSA) is 26.0 Å². The normalized spacial score (nSPS) is 16.5. The SMILES string of the molecule is NC(c1ccc2c3c(cccc13)CC2)C(F)(F)C(F)(F)F. The van der Waals surface area contributed by atoms with Crippen LogP contribution < -0.4 is 5.73 Å². The number of hydrogen-bond donors (Lipinski definition) is 1. The standard InChI is InChI=1S/C15H12F5N/c16-14(17,15(18,19)20)13(21)11-7-6-9-5-4-8-2-1-3-10(11)12(8)9/h1-3,6-7,13H,4-5,21H2. The van der Waals surface area contributed by atoms with Crippen molar-refractivity contribution in [2.45, 2.75) is 31.0 Å². The Bertz CT molecular complexity index is 695. The predicted molar refractivity (Wildman–Crippen MR) is 69.3 cm³/mol. The molecule has 21 heavy (non-hydrogen) atoms. The zero-order valence-corrected chi connectivity index (χ0v) is 10.8. The van der Waals surface area contributed by atoms with Gasteiger partial charge in [-0.05, 0) is 40.3 Å². The molecule has 0 aliphatic heterocycles. The second-order valence-corrected chi connectivity index (χ2v) is 5.25. The van der Waals surface area contributed by atoms with E-state index in [0.29, 0.717) is 5.39 Å². The van der Waals surface area contributed by atoms with Crippen LogP contribution in [0.3, 0.4) is 0 Å². The zero-order chi connectivity index (χ0) is 15.4. The number of hydrogen-bond acceptors (Lipinski definition) is 1. The van der Waals surface area contributed by atoms with E-state index in [9.17, 15) is 22.0 Å². The van der Waals surface area contributed by atoms with Crippen LogP contribution in [0, 0.1) is 0 Å². The van der Waals surface area contributed by atoms with Crippen molar-refractivity contribution in [3.05, 3.63) is 47.0 Å². The molecule has 0 heterocycles. The van der Waals surface area contributed by atoms with Gasteiger partial charge in [-0.25, -0.2) is 0 Å². The molecule has 0 amide bonds. The molecule has 112 valence electrons. The van der Waals surface area contributed by atoms with E-state index in [1.165, 1.54) is 6.07 Å². The van der Waals surface area contributed by atoms with Crippen molar-refractivity contribution in [3.63, 3.8) is 0 Å². The minimum Gasteiger partial charge on any atom is -0.319 e. The lowest BCUT2D eigenvalue weighted by Gasteiger charge is -2.27. The van der Waals surface area contributed by atoms with E-state index in [1.807, 2.05) is 6.07 Å². The van der Waals surface area contributed by atoms with Crippen LogP contribution in [0.5, 0.6) is 0 Å². The zero-order valence-electron chi connectivity index (χ0n) is 10.8. The van der Waals surface area contributed by atoms with Gasteiger partial charge in [0.2, 0.25) is 0 Å². The van der Waals surface area contributed by atoms with Crippen LogP contribution in [0.2, 0.25) is 0 Å². The Morgan fingerprint density at radius 1 is 0.905 bits per heavy atom. The number of rotatable bonds is 2. The van der Waals surface area contributed by atoms with Crippen molar-refractivity contribution < 1.29 is 22.0 Å². The maximum absolute atomic E-state index is 13.5. The molecule has 0 aromatic heterocycles. The average Bonchev–Trinajstić information content (AvgIpc) is 2.83. The second kappa shape index (κ2) is 4.40. The second-order valence-electron chi connectivity index (χ2n) is 5.25. The lowest BCUT2D eigenvalue weighted by Crippen LogP contribution is -2.45. The summed E-state index contributed by atoms with van der Waals surface area (Å²) in [5.41, 5.74) is 7.04. The van der Waals surface area contributed by atoms with Crippen molar-refractivity contribution in [2.75, 3.05) is 0 Å². The van der Waals surface area contributed by atoms with Gasteiger partial charge < -0.3 is 5.73 Å². The van der Waals surface area contributed by atoms with Crippen LogP contribution in [-0.2, 0) is 12.8 Å². The van der Waals surface area contributed by atoms with Gasteiger partial charge in [0.05, 0.1) is 0 Å². The first kappa shape index (κ1) is 14.3. The molecule has 0 radical (unpaired) electrons. The molecule has 0 spiro atoms. The van der Waals surface area contributed by atoms with Crippen LogP contribution in [0.25, 0.3) is 10.8 Å². The quantitative estimate of drug-likeness (QED) is 0.829. The van der Waals surface area contributed by atoms with Gasteiger partial charge in [0.15, 0.2) is 0 Å². The highest BCUT2D eigenvalue weighted by molar-refractivity contribution is 5.93. The fraction of sp³-hybridized carbons (Fsp3) is 0.333. The van der Waals surface area contributed by atoms with Gasteiger partial charge in [-0.15, -0.1) is 0 Å². The van der Waals surface area contributed by atoms with Crippen LogP contribution >= 0.6 is 0 Å². The fourth-order valence-electron chi connectivity index (χ4n) is 2.91. The summed E-state index contributed by atoms with van der Waals surface area (Å²) in [6.07, 6.45) is -4.14. The predicted octanol–water partition coefficient (Wildman–Crippen LogP) is 4.14. The third kappa shape index (κ3) is 2.00. The first-order valence-electron chi connectivity index (χ1n) is 6.47. The van der Waals surface area contributed by atoms with Gasteiger partial charge in [0, 0.05) is 0 Å². The molecule has 3 rings (SSSR count). The van der Waals surface area contributed by atoms with Crippen LogP contribution in [-0.4, -0.2) is 12.1 Å². The third-order valence-corrected chi connectivity index (χ3v) is 4.01.